The minimum Gasteiger partial charge on any atom is -1.00 e. The van der Waals surface area contributed by atoms with Crippen LogP contribution in [0.1, 0.15) is 25.6 Å². The Hall–Kier alpha value is -0.810. The van der Waals surface area contributed by atoms with Crippen molar-refractivity contribution in [3.05, 3.63) is 58.1 Å². The van der Waals surface area contributed by atoms with Crippen LogP contribution in [0, 0.1) is 0 Å². The van der Waals surface area contributed by atoms with Crippen LogP contribution in [0.15, 0.2) is 36.4 Å². The van der Waals surface area contributed by atoms with E-state index in [0.29, 0.717) is 35.5 Å². The molecule has 0 saturated heterocycles. The second-order valence-electron chi connectivity index (χ2n) is 7.05. The predicted molar refractivity (Wildman–Crippen MR) is 104 cm³/mol. The fourth-order valence-corrected chi connectivity index (χ4v) is 3.88. The van der Waals surface area contributed by atoms with Gasteiger partial charge in [0.1, 0.15) is 0 Å². The standard InChI is InChI=1S/C20H18ClNO7.2Na.2H/c21-12-3-1-2-11(6-12)15(23)9-22-13-7-10-4-5-16-17(14(10)8-13)29-20(28-16,18(24)25)19(26)27;;;;/h1-6,13,15,22-23H,7-9H2,(H,24,25)(H,26,27);;;;/q;2*+1;2*-1. The number of benzene rings is 2. The Morgan fingerprint density at radius 3 is 2.52 bits per heavy atom. The van der Waals surface area contributed by atoms with Crippen LogP contribution in [-0.4, -0.2) is 45.6 Å². The van der Waals surface area contributed by atoms with Crippen molar-refractivity contribution in [3.63, 3.8) is 0 Å². The topological polar surface area (TPSA) is 125 Å². The third-order valence-corrected chi connectivity index (χ3v) is 5.37. The van der Waals surface area contributed by atoms with Crippen molar-refractivity contribution >= 4 is 23.5 Å². The molecular weight excluding hydrogens is 448 g/mol. The molecule has 0 radical (unpaired) electrons. The zero-order valence-corrected chi connectivity index (χ0v) is 21.8. The Labute approximate surface area is 230 Å². The van der Waals surface area contributed by atoms with Crippen molar-refractivity contribution in [2.24, 2.45) is 0 Å². The van der Waals surface area contributed by atoms with Gasteiger partial charge in [0.25, 0.3) is 0 Å². The molecule has 1 heterocycles. The summed E-state index contributed by atoms with van der Waals surface area (Å²) in [6.07, 6.45) is 0.371. The molecule has 1 aliphatic heterocycles. The third kappa shape index (κ3) is 5.08. The van der Waals surface area contributed by atoms with E-state index < -0.39 is 23.8 Å². The Morgan fingerprint density at radius 1 is 1.16 bits per heavy atom. The van der Waals surface area contributed by atoms with Crippen molar-refractivity contribution in [3.8, 4) is 11.5 Å². The van der Waals surface area contributed by atoms with Crippen LogP contribution in [0.5, 0.6) is 11.5 Å². The number of hydrogen-bond acceptors (Lipinski definition) is 6. The largest absolute Gasteiger partial charge is 1.00 e. The van der Waals surface area contributed by atoms with Crippen molar-refractivity contribution in [1.82, 2.24) is 5.32 Å². The van der Waals surface area contributed by atoms with Crippen molar-refractivity contribution in [1.29, 1.82) is 0 Å². The molecule has 2 unspecified atom stereocenters. The average Bonchev–Trinajstić information content (AvgIpc) is 3.27. The first-order valence-electron chi connectivity index (χ1n) is 8.96. The number of aliphatic carboxylic acids is 2. The Morgan fingerprint density at radius 2 is 1.87 bits per heavy atom. The number of ether oxygens (including phenoxy) is 2. The van der Waals surface area contributed by atoms with Gasteiger partial charge in [0.05, 0.1) is 6.10 Å². The zero-order valence-electron chi connectivity index (χ0n) is 19.1. The molecule has 0 saturated carbocycles. The van der Waals surface area contributed by atoms with Crippen LogP contribution in [-0.2, 0) is 22.4 Å². The van der Waals surface area contributed by atoms with Gasteiger partial charge in [-0.2, -0.15) is 0 Å². The summed E-state index contributed by atoms with van der Waals surface area (Å²) in [4.78, 5) is 22.9. The van der Waals surface area contributed by atoms with E-state index in [9.17, 15) is 24.9 Å². The van der Waals surface area contributed by atoms with Crippen molar-refractivity contribution in [2.45, 2.75) is 30.8 Å². The van der Waals surface area contributed by atoms with Gasteiger partial charge in [-0.15, -0.1) is 0 Å². The maximum Gasteiger partial charge on any atom is 1.00 e. The van der Waals surface area contributed by atoms with E-state index in [1.807, 2.05) is 0 Å². The van der Waals surface area contributed by atoms with E-state index in [-0.39, 0.29) is 79.5 Å². The van der Waals surface area contributed by atoms with Gasteiger partial charge in [-0.25, -0.2) is 9.59 Å². The molecule has 4 rings (SSSR count). The molecule has 2 aromatic rings. The third-order valence-electron chi connectivity index (χ3n) is 5.13. The van der Waals surface area contributed by atoms with Crippen LogP contribution in [0.25, 0.3) is 0 Å². The maximum atomic E-state index is 11.5. The van der Waals surface area contributed by atoms with Gasteiger partial charge in [-0.3, -0.25) is 0 Å². The molecule has 0 amide bonds. The van der Waals surface area contributed by atoms with Gasteiger partial charge in [0, 0.05) is 23.2 Å². The van der Waals surface area contributed by atoms with E-state index in [2.05, 4.69) is 5.32 Å². The quantitative estimate of drug-likeness (QED) is 0.250. The van der Waals surface area contributed by atoms with Crippen LogP contribution in [0.4, 0.5) is 0 Å². The number of aliphatic hydroxyl groups excluding tert-OH is 1. The molecule has 156 valence electrons. The minimum atomic E-state index is -2.77. The monoisotopic (exact) mass is 467 g/mol. The van der Waals surface area contributed by atoms with E-state index in [1.165, 1.54) is 6.07 Å². The summed E-state index contributed by atoms with van der Waals surface area (Å²) in [5.74, 6) is -5.99. The summed E-state index contributed by atoms with van der Waals surface area (Å²) in [7, 11) is 0. The van der Waals surface area contributed by atoms with Gasteiger partial charge in [-0.1, -0.05) is 29.8 Å². The molecule has 31 heavy (non-hydrogen) atoms. The molecule has 0 bridgehead atoms. The molecule has 2 aliphatic rings. The molecular formula is C20H20ClNNa2O7. The van der Waals surface area contributed by atoms with E-state index in [0.717, 1.165) is 5.56 Å². The smallest absolute Gasteiger partial charge is 1.00 e. The molecule has 0 spiro atoms. The minimum absolute atomic E-state index is 0. The second-order valence-corrected chi connectivity index (χ2v) is 7.48. The number of halogens is 1. The zero-order chi connectivity index (χ0) is 20.8. The van der Waals surface area contributed by atoms with Gasteiger partial charge in [-0.05, 0) is 42.2 Å². The fraction of sp³-hybridized carbons (Fsp3) is 0.300. The predicted octanol–water partition coefficient (Wildman–Crippen LogP) is -4.00. The molecule has 0 aromatic heterocycles. The molecule has 0 fully saturated rings. The maximum absolute atomic E-state index is 11.5. The molecule has 4 N–H and O–H groups in total. The molecule has 8 nitrogen and oxygen atoms in total. The Balaban J connectivity index is 0.00000256. The molecule has 1 aliphatic carbocycles. The van der Waals surface area contributed by atoms with Crippen LogP contribution in [0.3, 0.4) is 0 Å². The summed E-state index contributed by atoms with van der Waals surface area (Å²) in [5, 5.41) is 32.8. The second kappa shape index (κ2) is 10.4. The number of rotatable bonds is 6. The van der Waals surface area contributed by atoms with Crippen LogP contribution < -0.4 is 73.9 Å². The van der Waals surface area contributed by atoms with Gasteiger partial charge in [0.15, 0.2) is 11.5 Å². The Kier molecular flexibility index (Phi) is 8.89. The summed E-state index contributed by atoms with van der Waals surface area (Å²) in [6, 6.07) is 10.2. The number of carboxylic acid groups (broad SMARTS) is 2. The number of carbonyl (C=O) groups is 2. The van der Waals surface area contributed by atoms with Gasteiger partial charge in [0.2, 0.25) is 0 Å². The number of aliphatic hydroxyl groups is 1. The van der Waals surface area contributed by atoms with Gasteiger partial charge < -0.3 is 33.0 Å². The number of nitrogens with one attached hydrogen (secondary N) is 1. The summed E-state index contributed by atoms with van der Waals surface area (Å²) in [6.45, 7) is 0.298. The van der Waals surface area contributed by atoms with Crippen LogP contribution in [0.2, 0.25) is 5.02 Å². The normalized spacial score (nSPS) is 18.3. The first kappa shape index (κ1) is 26.4. The number of carboxylic acids is 2. The van der Waals surface area contributed by atoms with Crippen molar-refractivity contribution < 1.29 is 96.4 Å². The summed E-state index contributed by atoms with van der Waals surface area (Å²) in [5.41, 5.74) is 2.32. The van der Waals surface area contributed by atoms with Crippen LogP contribution >= 0.6 is 11.6 Å². The fourth-order valence-electron chi connectivity index (χ4n) is 3.68. The average molecular weight is 468 g/mol. The van der Waals surface area contributed by atoms with Crippen molar-refractivity contribution in [2.75, 3.05) is 6.54 Å². The summed E-state index contributed by atoms with van der Waals surface area (Å²) >= 11 is 5.96. The molecule has 2 atom stereocenters. The first-order chi connectivity index (χ1) is 13.8. The van der Waals surface area contributed by atoms with Gasteiger partial charge >= 0.3 is 76.8 Å². The van der Waals surface area contributed by atoms with E-state index in [4.69, 9.17) is 21.1 Å². The summed E-state index contributed by atoms with van der Waals surface area (Å²) < 4.78 is 10.5. The first-order valence-corrected chi connectivity index (χ1v) is 9.34. The number of hydrogen-bond donors (Lipinski definition) is 4. The molecule has 2 aromatic carbocycles. The SMILES string of the molecule is O=C(O)C1(C(=O)O)Oc2ccc3c(c2O1)CC(NCC(O)c1cccc(Cl)c1)C3.[H-].[H-].[Na+].[Na+]. The van der Waals surface area contributed by atoms with E-state index in [1.54, 1.807) is 30.3 Å². The Bertz CT molecular complexity index is 1000. The number of fused-ring (bicyclic) bond motifs is 3. The molecule has 11 heteroatoms. The van der Waals surface area contributed by atoms with E-state index >= 15 is 0 Å².